The third-order valence-corrected chi connectivity index (χ3v) is 4.33. The predicted molar refractivity (Wildman–Crippen MR) is 97.0 cm³/mol. The van der Waals surface area contributed by atoms with E-state index < -0.39 is 29.7 Å². The fourth-order valence-corrected chi connectivity index (χ4v) is 2.72. The molecule has 0 saturated heterocycles. The van der Waals surface area contributed by atoms with Crippen molar-refractivity contribution < 1.29 is 31.4 Å². The molecular formula is C20H22F6N2O. The number of aliphatic hydroxyl groups excluding tert-OH is 1. The van der Waals surface area contributed by atoms with Crippen LogP contribution in [-0.4, -0.2) is 23.2 Å². The molecule has 0 radical (unpaired) electrons. The minimum atomic E-state index is -4.76. The highest BCUT2D eigenvalue weighted by Crippen LogP contribution is 2.34. The number of nitrogens with zero attached hydrogens (tertiary/aromatic N) is 1. The van der Waals surface area contributed by atoms with Crippen LogP contribution in [0.4, 0.5) is 26.3 Å². The van der Waals surface area contributed by atoms with Gasteiger partial charge in [-0.05, 0) is 42.8 Å². The van der Waals surface area contributed by atoms with Crippen LogP contribution in [0.1, 0.15) is 49.1 Å². The molecule has 0 bridgehead atoms. The summed E-state index contributed by atoms with van der Waals surface area (Å²) in [7, 11) is 0. The first-order valence-electron chi connectivity index (χ1n) is 9.18. The van der Waals surface area contributed by atoms with Crippen molar-refractivity contribution in [1.29, 1.82) is 0 Å². The Kier molecular flexibility index (Phi) is 7.65. The first-order valence-corrected chi connectivity index (χ1v) is 9.18. The number of halogens is 6. The van der Waals surface area contributed by atoms with E-state index in [9.17, 15) is 31.4 Å². The van der Waals surface area contributed by atoms with Crippen LogP contribution in [0.5, 0.6) is 0 Å². The second-order valence-electron chi connectivity index (χ2n) is 6.67. The lowest BCUT2D eigenvalue weighted by molar-refractivity contribution is -0.141. The maximum absolute atomic E-state index is 13.2. The third kappa shape index (κ3) is 6.71. The normalized spacial score (nSPS) is 13.5. The van der Waals surface area contributed by atoms with Crippen molar-refractivity contribution in [3.63, 3.8) is 0 Å². The second kappa shape index (κ2) is 9.58. The Morgan fingerprint density at radius 2 is 1.62 bits per heavy atom. The number of aromatic nitrogens is 1. The topological polar surface area (TPSA) is 45.1 Å². The minimum absolute atomic E-state index is 0.00906. The molecule has 160 valence electrons. The number of aliphatic hydroxyl groups is 1. The number of hydrogen-bond acceptors (Lipinski definition) is 3. The predicted octanol–water partition coefficient (Wildman–Crippen LogP) is 5.60. The van der Waals surface area contributed by atoms with E-state index in [0.717, 1.165) is 49.6 Å². The van der Waals surface area contributed by atoms with E-state index in [1.165, 1.54) is 6.07 Å². The van der Waals surface area contributed by atoms with E-state index in [-0.39, 0.29) is 23.4 Å². The summed E-state index contributed by atoms with van der Waals surface area (Å²) in [6, 6.07) is 5.70. The number of hydrogen-bond donors (Lipinski definition) is 2. The average Bonchev–Trinajstić information content (AvgIpc) is 2.66. The van der Waals surface area contributed by atoms with E-state index in [2.05, 4.69) is 10.3 Å². The first-order chi connectivity index (χ1) is 13.5. The Bertz CT molecular complexity index is 787. The van der Waals surface area contributed by atoms with Crippen LogP contribution >= 0.6 is 0 Å². The van der Waals surface area contributed by atoms with Gasteiger partial charge in [0, 0.05) is 12.1 Å². The highest BCUT2D eigenvalue weighted by molar-refractivity contribution is 5.61. The van der Waals surface area contributed by atoms with Crippen LogP contribution in [0.25, 0.3) is 11.3 Å². The molecule has 1 aromatic heterocycles. The van der Waals surface area contributed by atoms with Crippen molar-refractivity contribution in [2.45, 2.75) is 44.6 Å². The molecule has 0 aliphatic carbocycles. The summed E-state index contributed by atoms with van der Waals surface area (Å²) in [6.45, 7) is 2.71. The molecule has 0 amide bonds. The van der Waals surface area contributed by atoms with E-state index in [0.29, 0.717) is 6.54 Å². The zero-order valence-corrected chi connectivity index (χ0v) is 15.7. The lowest BCUT2D eigenvalue weighted by Crippen LogP contribution is -2.23. The molecule has 29 heavy (non-hydrogen) atoms. The maximum Gasteiger partial charge on any atom is 0.433 e. The lowest BCUT2D eigenvalue weighted by atomic mass is 10.0. The minimum Gasteiger partial charge on any atom is -0.387 e. The maximum atomic E-state index is 13.2. The first kappa shape index (κ1) is 23.2. The summed E-state index contributed by atoms with van der Waals surface area (Å²) in [5, 5.41) is 13.3. The number of alkyl halides is 6. The lowest BCUT2D eigenvalue weighted by Gasteiger charge is -2.16. The number of unbranched alkanes of at least 4 members (excludes halogenated alkanes) is 2. The molecule has 9 heteroatoms. The Labute approximate surface area is 164 Å². The summed E-state index contributed by atoms with van der Waals surface area (Å²) < 4.78 is 77.8. The number of benzene rings is 1. The zero-order valence-electron chi connectivity index (χ0n) is 15.7. The number of nitrogens with one attached hydrogen (secondary N) is 1. The fraction of sp³-hybridized carbons (Fsp3) is 0.450. The van der Waals surface area contributed by atoms with Gasteiger partial charge in [0.2, 0.25) is 0 Å². The quantitative estimate of drug-likeness (QED) is 0.432. The van der Waals surface area contributed by atoms with Crippen LogP contribution in [0.3, 0.4) is 0 Å². The van der Waals surface area contributed by atoms with Crippen LogP contribution in [0.2, 0.25) is 0 Å². The van der Waals surface area contributed by atoms with E-state index in [1.807, 2.05) is 6.92 Å². The van der Waals surface area contributed by atoms with Crippen molar-refractivity contribution in [1.82, 2.24) is 10.3 Å². The summed E-state index contributed by atoms with van der Waals surface area (Å²) in [4.78, 5) is 3.53. The molecule has 1 unspecified atom stereocenters. The highest BCUT2D eigenvalue weighted by atomic mass is 19.4. The molecule has 2 N–H and O–H groups in total. The van der Waals surface area contributed by atoms with Crippen LogP contribution < -0.4 is 5.32 Å². The molecule has 2 aromatic rings. The molecule has 0 spiro atoms. The summed E-state index contributed by atoms with van der Waals surface area (Å²) in [5.41, 5.74) is -2.20. The van der Waals surface area contributed by atoms with Gasteiger partial charge in [-0.3, -0.25) is 0 Å². The molecule has 0 aliphatic heterocycles. The zero-order chi connectivity index (χ0) is 21.7. The van der Waals surface area contributed by atoms with Crippen LogP contribution in [0, 0.1) is 0 Å². The van der Waals surface area contributed by atoms with E-state index in [4.69, 9.17) is 0 Å². The van der Waals surface area contributed by atoms with Gasteiger partial charge in [-0.15, -0.1) is 0 Å². The van der Waals surface area contributed by atoms with Gasteiger partial charge in [0.05, 0.1) is 17.4 Å². The smallest absolute Gasteiger partial charge is 0.387 e. The van der Waals surface area contributed by atoms with E-state index >= 15 is 0 Å². The molecule has 0 saturated carbocycles. The van der Waals surface area contributed by atoms with Gasteiger partial charge < -0.3 is 10.4 Å². The number of pyridine rings is 1. The largest absolute Gasteiger partial charge is 0.433 e. The van der Waals surface area contributed by atoms with Crippen molar-refractivity contribution in [2.75, 3.05) is 13.1 Å². The summed E-state index contributed by atoms with van der Waals surface area (Å²) >= 11 is 0. The summed E-state index contributed by atoms with van der Waals surface area (Å²) in [5.74, 6) is 0. The van der Waals surface area contributed by atoms with Gasteiger partial charge in [0.15, 0.2) is 0 Å². The van der Waals surface area contributed by atoms with Gasteiger partial charge in [-0.25, -0.2) is 4.98 Å². The van der Waals surface area contributed by atoms with Crippen molar-refractivity contribution in [3.8, 4) is 11.3 Å². The van der Waals surface area contributed by atoms with Gasteiger partial charge in [0.1, 0.15) is 5.69 Å². The van der Waals surface area contributed by atoms with Crippen LogP contribution in [0.15, 0.2) is 36.4 Å². The fourth-order valence-electron chi connectivity index (χ4n) is 2.72. The molecule has 0 fully saturated rings. The summed E-state index contributed by atoms with van der Waals surface area (Å²) in [6.07, 6.45) is -7.64. The standard InChI is InChI=1S/C20H22F6N2O/c1-2-3-4-9-27-12-17(29)14-10-16(28-18(11-14)20(24,25)26)13-5-7-15(8-6-13)19(21,22)23/h5-8,10-11,17,27,29H,2-4,9,12H2,1H3. The Hall–Kier alpha value is -2.13. The van der Waals surface area contributed by atoms with Crippen molar-refractivity contribution in [3.05, 3.63) is 53.2 Å². The van der Waals surface area contributed by atoms with Crippen LogP contribution in [-0.2, 0) is 12.4 Å². The van der Waals surface area contributed by atoms with Crippen molar-refractivity contribution >= 4 is 0 Å². The van der Waals surface area contributed by atoms with Crippen molar-refractivity contribution in [2.24, 2.45) is 0 Å². The highest BCUT2D eigenvalue weighted by Gasteiger charge is 2.34. The average molecular weight is 420 g/mol. The molecule has 1 heterocycles. The molecule has 1 atom stereocenters. The Morgan fingerprint density at radius 1 is 0.966 bits per heavy atom. The second-order valence-corrected chi connectivity index (χ2v) is 6.67. The molecule has 3 nitrogen and oxygen atoms in total. The Balaban J connectivity index is 2.29. The number of rotatable bonds is 8. The molecular weight excluding hydrogens is 398 g/mol. The van der Waals surface area contributed by atoms with Gasteiger partial charge >= 0.3 is 12.4 Å². The Morgan fingerprint density at radius 3 is 2.17 bits per heavy atom. The van der Waals surface area contributed by atoms with Gasteiger partial charge in [-0.2, -0.15) is 26.3 Å². The van der Waals surface area contributed by atoms with E-state index in [1.54, 1.807) is 0 Å². The molecule has 0 aliphatic rings. The van der Waals surface area contributed by atoms with Gasteiger partial charge in [-0.1, -0.05) is 31.9 Å². The SMILES string of the molecule is CCCCCNCC(O)c1cc(-c2ccc(C(F)(F)F)cc2)nc(C(F)(F)F)c1. The monoisotopic (exact) mass is 420 g/mol. The van der Waals surface area contributed by atoms with Gasteiger partial charge in [0.25, 0.3) is 0 Å². The third-order valence-electron chi connectivity index (χ3n) is 4.33. The molecule has 1 aromatic carbocycles. The molecule has 2 rings (SSSR count).